The maximum atomic E-state index is 13.2. The van der Waals surface area contributed by atoms with Crippen molar-refractivity contribution in [2.45, 2.75) is 6.17 Å². The summed E-state index contributed by atoms with van der Waals surface area (Å²) in [5.41, 5.74) is 8.14. The van der Waals surface area contributed by atoms with Crippen molar-refractivity contribution < 1.29 is 19.1 Å². The average molecular weight is 511 g/mol. The molecular formula is C25H20Cl2N4O4. The predicted octanol–water partition coefficient (Wildman–Crippen LogP) is 3.43. The van der Waals surface area contributed by atoms with Gasteiger partial charge in [0.25, 0.3) is 11.8 Å². The van der Waals surface area contributed by atoms with Crippen molar-refractivity contribution in [1.29, 1.82) is 0 Å². The van der Waals surface area contributed by atoms with Crippen LogP contribution in [0.5, 0.6) is 5.75 Å². The molecule has 0 bridgehead atoms. The Labute approximate surface area is 211 Å². The molecule has 0 fully saturated rings. The first kappa shape index (κ1) is 24.3. The number of carbonyl (C=O) groups is 3. The summed E-state index contributed by atoms with van der Waals surface area (Å²) in [5.74, 6) is -1.18. The number of halogens is 2. The van der Waals surface area contributed by atoms with Crippen molar-refractivity contribution >= 4 is 52.3 Å². The van der Waals surface area contributed by atoms with E-state index in [-0.39, 0.29) is 6.61 Å². The molecule has 0 aromatic heterocycles. The van der Waals surface area contributed by atoms with Crippen molar-refractivity contribution in [2.24, 2.45) is 10.7 Å². The second-order valence-corrected chi connectivity index (χ2v) is 8.48. The second-order valence-electron chi connectivity index (χ2n) is 7.67. The van der Waals surface area contributed by atoms with Gasteiger partial charge < -0.3 is 20.7 Å². The molecule has 1 aliphatic rings. The van der Waals surface area contributed by atoms with E-state index < -0.39 is 23.9 Å². The van der Waals surface area contributed by atoms with Crippen LogP contribution >= 0.6 is 23.2 Å². The van der Waals surface area contributed by atoms with Gasteiger partial charge in [-0.3, -0.25) is 14.4 Å². The number of nitrogens with zero attached hydrogens (tertiary/aromatic N) is 2. The van der Waals surface area contributed by atoms with Crippen LogP contribution in [0.1, 0.15) is 21.5 Å². The van der Waals surface area contributed by atoms with Crippen molar-refractivity contribution in [3.8, 4) is 5.75 Å². The van der Waals surface area contributed by atoms with E-state index in [9.17, 15) is 14.4 Å². The molecule has 0 saturated carbocycles. The summed E-state index contributed by atoms with van der Waals surface area (Å²) in [6, 6.07) is 18.4. The number of para-hydroxylation sites is 1. The van der Waals surface area contributed by atoms with Gasteiger partial charge in [-0.05, 0) is 30.3 Å². The zero-order valence-electron chi connectivity index (χ0n) is 18.5. The fourth-order valence-electron chi connectivity index (χ4n) is 3.55. The SMILES string of the molecule is CN1C(=O)C(NC(=O)COc2ccc(Cl)c(Cl)c2)N=C(c2ccc(C(N)=O)cc2)c2ccccc21. The molecule has 1 atom stereocenters. The smallest absolute Gasteiger partial charge is 0.272 e. The number of benzene rings is 3. The molecule has 1 heterocycles. The highest BCUT2D eigenvalue weighted by molar-refractivity contribution is 6.42. The number of amides is 3. The lowest BCUT2D eigenvalue weighted by atomic mass is 9.99. The quantitative estimate of drug-likeness (QED) is 0.528. The minimum absolute atomic E-state index is 0.291. The van der Waals surface area contributed by atoms with E-state index in [4.69, 9.17) is 33.7 Å². The molecule has 178 valence electrons. The molecule has 3 amide bonds. The molecule has 1 aliphatic heterocycles. The van der Waals surface area contributed by atoms with Crippen molar-refractivity contribution in [2.75, 3.05) is 18.6 Å². The summed E-state index contributed by atoms with van der Waals surface area (Å²) in [7, 11) is 1.61. The van der Waals surface area contributed by atoms with Gasteiger partial charge in [-0.15, -0.1) is 0 Å². The Kier molecular flexibility index (Phi) is 7.04. The van der Waals surface area contributed by atoms with Gasteiger partial charge in [0.15, 0.2) is 6.61 Å². The number of nitrogens with two attached hydrogens (primary N) is 1. The molecule has 0 aliphatic carbocycles. The number of nitrogens with one attached hydrogen (secondary N) is 1. The number of fused-ring (bicyclic) bond motifs is 1. The summed E-state index contributed by atoms with van der Waals surface area (Å²) in [6.07, 6.45) is -1.21. The summed E-state index contributed by atoms with van der Waals surface area (Å²) < 4.78 is 5.48. The molecule has 0 saturated heterocycles. The number of rotatable bonds is 6. The third-order valence-corrected chi connectivity index (χ3v) is 6.08. The standard InChI is InChI=1S/C25H20Cl2N4O4/c1-31-20-5-3-2-4-17(20)22(14-6-8-15(9-7-14)23(28)33)30-24(25(31)34)29-21(32)13-35-16-10-11-18(26)19(27)12-16/h2-12,24H,13H2,1H3,(H2,28,33)(H,29,32). The number of anilines is 1. The second kappa shape index (κ2) is 10.2. The van der Waals surface area contributed by atoms with Crippen LogP contribution in [0.3, 0.4) is 0 Å². The van der Waals surface area contributed by atoms with Crippen LogP contribution < -0.4 is 20.7 Å². The van der Waals surface area contributed by atoms with Crippen LogP contribution in [-0.4, -0.2) is 43.3 Å². The van der Waals surface area contributed by atoms with Crippen molar-refractivity contribution in [3.05, 3.63) is 93.5 Å². The lowest BCUT2D eigenvalue weighted by molar-refractivity contribution is -0.128. The molecule has 3 N–H and O–H groups in total. The zero-order valence-corrected chi connectivity index (χ0v) is 20.0. The van der Waals surface area contributed by atoms with E-state index in [0.29, 0.717) is 43.9 Å². The highest BCUT2D eigenvalue weighted by atomic mass is 35.5. The summed E-state index contributed by atoms with van der Waals surface area (Å²) in [5, 5.41) is 3.28. The third kappa shape index (κ3) is 5.29. The molecular weight excluding hydrogens is 491 g/mol. The maximum Gasteiger partial charge on any atom is 0.272 e. The topological polar surface area (TPSA) is 114 Å². The van der Waals surface area contributed by atoms with E-state index in [1.54, 1.807) is 55.6 Å². The van der Waals surface area contributed by atoms with Gasteiger partial charge in [-0.1, -0.05) is 53.5 Å². The minimum atomic E-state index is -1.21. The predicted molar refractivity (Wildman–Crippen MR) is 134 cm³/mol. The maximum absolute atomic E-state index is 13.2. The molecule has 1 unspecified atom stereocenters. The van der Waals surface area contributed by atoms with Gasteiger partial charge in [0.2, 0.25) is 12.1 Å². The first-order valence-electron chi connectivity index (χ1n) is 10.5. The Morgan fingerprint density at radius 2 is 1.77 bits per heavy atom. The summed E-state index contributed by atoms with van der Waals surface area (Å²) >= 11 is 11.9. The molecule has 8 nitrogen and oxygen atoms in total. The largest absolute Gasteiger partial charge is 0.484 e. The van der Waals surface area contributed by atoms with Gasteiger partial charge >= 0.3 is 0 Å². The summed E-state index contributed by atoms with van der Waals surface area (Å²) in [6.45, 7) is -0.365. The third-order valence-electron chi connectivity index (χ3n) is 5.34. The molecule has 10 heteroatoms. The zero-order chi connectivity index (χ0) is 25.1. The first-order valence-corrected chi connectivity index (χ1v) is 11.2. The van der Waals surface area contributed by atoms with Crippen LogP contribution in [0, 0.1) is 0 Å². The van der Waals surface area contributed by atoms with Gasteiger partial charge in [-0.25, -0.2) is 4.99 Å². The number of ether oxygens (including phenoxy) is 1. The highest BCUT2D eigenvalue weighted by Gasteiger charge is 2.31. The Balaban J connectivity index is 1.62. The van der Waals surface area contributed by atoms with Gasteiger partial charge in [0.05, 0.1) is 21.4 Å². The number of likely N-dealkylation sites (N-methyl/N-ethyl adjacent to an activating group) is 1. The van der Waals surface area contributed by atoms with E-state index in [1.165, 1.54) is 11.0 Å². The summed E-state index contributed by atoms with van der Waals surface area (Å²) in [4.78, 5) is 43.3. The Bertz CT molecular complexity index is 1340. The monoisotopic (exact) mass is 510 g/mol. The normalized spacial score (nSPS) is 15.1. The fourth-order valence-corrected chi connectivity index (χ4v) is 3.84. The van der Waals surface area contributed by atoms with Crippen molar-refractivity contribution in [3.63, 3.8) is 0 Å². The number of hydrogen-bond donors (Lipinski definition) is 2. The molecule has 3 aromatic carbocycles. The number of hydrogen-bond acceptors (Lipinski definition) is 5. The van der Waals surface area contributed by atoms with Crippen molar-refractivity contribution in [1.82, 2.24) is 5.32 Å². The number of benzodiazepines with no additional fused rings is 1. The van der Waals surface area contributed by atoms with Crippen LogP contribution in [-0.2, 0) is 9.59 Å². The van der Waals surface area contributed by atoms with Gasteiger partial charge in [0, 0.05) is 29.8 Å². The first-order chi connectivity index (χ1) is 16.7. The van der Waals surface area contributed by atoms with E-state index >= 15 is 0 Å². The van der Waals surface area contributed by atoms with E-state index in [2.05, 4.69) is 10.3 Å². The average Bonchev–Trinajstić information content (AvgIpc) is 2.95. The number of aliphatic imine (C=N–C) groups is 1. The molecule has 3 aromatic rings. The van der Waals surface area contributed by atoms with Crippen LogP contribution in [0.15, 0.2) is 71.7 Å². The highest BCUT2D eigenvalue weighted by Crippen LogP contribution is 2.28. The Morgan fingerprint density at radius 3 is 2.46 bits per heavy atom. The van der Waals surface area contributed by atoms with Gasteiger partial charge in [0.1, 0.15) is 5.75 Å². The van der Waals surface area contributed by atoms with Crippen LogP contribution in [0.2, 0.25) is 10.0 Å². The molecule has 0 spiro atoms. The Morgan fingerprint density at radius 1 is 1.06 bits per heavy atom. The van der Waals surface area contributed by atoms with E-state index in [0.717, 1.165) is 0 Å². The minimum Gasteiger partial charge on any atom is -0.484 e. The number of primary amides is 1. The van der Waals surface area contributed by atoms with E-state index in [1.807, 2.05) is 12.1 Å². The molecule has 4 rings (SSSR count). The molecule has 35 heavy (non-hydrogen) atoms. The lowest BCUT2D eigenvalue weighted by Crippen LogP contribution is -2.47. The van der Waals surface area contributed by atoms with Gasteiger partial charge in [-0.2, -0.15) is 0 Å². The molecule has 0 radical (unpaired) electrons. The fraction of sp³-hybridized carbons (Fsp3) is 0.120. The Hall–Kier alpha value is -3.88. The lowest BCUT2D eigenvalue weighted by Gasteiger charge is -2.20. The van der Waals surface area contributed by atoms with Crippen LogP contribution in [0.25, 0.3) is 0 Å². The van der Waals surface area contributed by atoms with Crippen LogP contribution in [0.4, 0.5) is 5.69 Å². The number of carbonyl (C=O) groups excluding carboxylic acids is 3.